The van der Waals surface area contributed by atoms with Crippen molar-refractivity contribution in [3.05, 3.63) is 111 Å². The summed E-state index contributed by atoms with van der Waals surface area (Å²) in [7, 11) is 0. The van der Waals surface area contributed by atoms with Crippen LogP contribution in [0.5, 0.6) is 0 Å². The first kappa shape index (κ1) is 30.1. The monoisotopic (exact) mass is 617 g/mol. The number of hydrogen-bond acceptors (Lipinski definition) is 5. The van der Waals surface area contributed by atoms with Gasteiger partial charge in [-0.1, -0.05) is 70.8 Å². The molecule has 220 valence electrons. The molecule has 1 aromatic heterocycles. The van der Waals surface area contributed by atoms with Crippen molar-refractivity contribution in [2.45, 2.75) is 25.8 Å². The zero-order chi connectivity index (χ0) is 29.9. The molecule has 1 atom stereocenters. The van der Waals surface area contributed by atoms with E-state index in [0.717, 1.165) is 17.7 Å². The fraction of sp³-hybridized carbons (Fsp3) is 0.290. The lowest BCUT2D eigenvalue weighted by Gasteiger charge is -2.36. The molecule has 1 saturated heterocycles. The number of carbonyl (C=O) groups is 1. The van der Waals surface area contributed by atoms with E-state index in [0.29, 0.717) is 70.9 Å². The fourth-order valence-corrected chi connectivity index (χ4v) is 5.26. The van der Waals surface area contributed by atoms with Gasteiger partial charge in [0.05, 0.1) is 23.3 Å². The zero-order valence-electron chi connectivity index (χ0n) is 22.7. The minimum absolute atomic E-state index is 0.140. The van der Waals surface area contributed by atoms with Crippen LogP contribution < -0.4 is 0 Å². The average molecular weight is 618 g/mol. The van der Waals surface area contributed by atoms with Crippen LogP contribution >= 0.6 is 23.2 Å². The number of nitrogens with zero attached hydrogens (tertiary/aromatic N) is 3. The van der Waals surface area contributed by atoms with E-state index < -0.39 is 11.7 Å². The Morgan fingerprint density at radius 2 is 1.64 bits per heavy atom. The van der Waals surface area contributed by atoms with Crippen LogP contribution in [0.4, 0.5) is 13.2 Å². The van der Waals surface area contributed by atoms with E-state index in [9.17, 15) is 18.0 Å². The SMILES string of the molecule is Cc1onc(-c2ccccc2Cl)c1C(=O)N1CCN(CC(OCc2ccc(C(F)(F)F)cc2)c2ccc(Cl)cc2)CC1. The molecule has 0 aliphatic carbocycles. The molecule has 1 amide bonds. The molecule has 0 spiro atoms. The van der Waals surface area contributed by atoms with Gasteiger partial charge in [0.2, 0.25) is 0 Å². The number of alkyl halides is 3. The number of aryl methyl sites for hydroxylation is 1. The number of rotatable bonds is 8. The van der Waals surface area contributed by atoms with E-state index in [1.807, 2.05) is 24.3 Å². The Balaban J connectivity index is 1.25. The number of carbonyl (C=O) groups excluding carboxylic acids is 1. The minimum atomic E-state index is -4.39. The number of halogens is 5. The molecule has 0 bridgehead atoms. The first-order valence-electron chi connectivity index (χ1n) is 13.4. The predicted octanol–water partition coefficient (Wildman–Crippen LogP) is 7.69. The maximum absolute atomic E-state index is 13.6. The standard InChI is InChI=1S/C31H28Cl2F3N3O3/c1-20-28(29(37-42-20)25-4-2-3-5-26(25)33)30(40)39-16-14-38(15-17-39)18-27(22-8-12-24(32)13-9-22)41-19-21-6-10-23(11-7-21)31(34,35)36/h2-13,27H,14-19H2,1H3. The van der Waals surface area contributed by atoms with Crippen LogP contribution in [-0.4, -0.2) is 53.6 Å². The quantitative estimate of drug-likeness (QED) is 0.203. The largest absolute Gasteiger partial charge is 0.416 e. The third-order valence-electron chi connectivity index (χ3n) is 7.26. The summed E-state index contributed by atoms with van der Waals surface area (Å²) in [4.78, 5) is 17.5. The highest BCUT2D eigenvalue weighted by atomic mass is 35.5. The molecule has 2 heterocycles. The Labute approximate surface area is 251 Å². The summed E-state index contributed by atoms with van der Waals surface area (Å²) in [6, 6.07) is 19.5. The van der Waals surface area contributed by atoms with Gasteiger partial charge in [0.25, 0.3) is 5.91 Å². The first-order chi connectivity index (χ1) is 20.1. The molecule has 6 nitrogen and oxygen atoms in total. The molecule has 42 heavy (non-hydrogen) atoms. The molecule has 3 aromatic carbocycles. The molecule has 0 N–H and O–H groups in total. The highest BCUT2D eigenvalue weighted by molar-refractivity contribution is 6.33. The van der Waals surface area contributed by atoms with Crippen molar-refractivity contribution in [3.8, 4) is 11.3 Å². The van der Waals surface area contributed by atoms with E-state index in [1.54, 1.807) is 36.1 Å². The van der Waals surface area contributed by atoms with Gasteiger partial charge in [0, 0.05) is 43.3 Å². The van der Waals surface area contributed by atoms with Crippen LogP contribution in [-0.2, 0) is 17.5 Å². The Hall–Kier alpha value is -3.37. The number of benzene rings is 3. The van der Waals surface area contributed by atoms with E-state index in [-0.39, 0.29) is 18.6 Å². The van der Waals surface area contributed by atoms with Gasteiger partial charge < -0.3 is 14.2 Å². The zero-order valence-corrected chi connectivity index (χ0v) is 24.2. The van der Waals surface area contributed by atoms with Crippen molar-refractivity contribution in [2.24, 2.45) is 0 Å². The van der Waals surface area contributed by atoms with E-state index in [4.69, 9.17) is 32.5 Å². The minimum Gasteiger partial charge on any atom is -0.368 e. The maximum atomic E-state index is 13.6. The molecule has 0 radical (unpaired) electrons. The number of amides is 1. The highest BCUT2D eigenvalue weighted by Crippen LogP contribution is 2.33. The lowest BCUT2D eigenvalue weighted by molar-refractivity contribution is -0.137. The molecular weight excluding hydrogens is 590 g/mol. The van der Waals surface area contributed by atoms with Gasteiger partial charge in [-0.25, -0.2) is 0 Å². The van der Waals surface area contributed by atoms with Crippen molar-refractivity contribution in [3.63, 3.8) is 0 Å². The Kier molecular flexibility index (Phi) is 9.22. The van der Waals surface area contributed by atoms with Crippen LogP contribution in [0.1, 0.15) is 38.9 Å². The molecule has 1 aliphatic rings. The van der Waals surface area contributed by atoms with Crippen LogP contribution in [0.3, 0.4) is 0 Å². The highest BCUT2D eigenvalue weighted by Gasteiger charge is 2.31. The summed E-state index contributed by atoms with van der Waals surface area (Å²) < 4.78 is 50.5. The van der Waals surface area contributed by atoms with Gasteiger partial charge >= 0.3 is 6.18 Å². The Morgan fingerprint density at radius 3 is 2.29 bits per heavy atom. The first-order valence-corrected chi connectivity index (χ1v) is 14.1. The van der Waals surface area contributed by atoms with Crippen molar-refractivity contribution in [1.82, 2.24) is 15.0 Å². The van der Waals surface area contributed by atoms with Crippen molar-refractivity contribution >= 4 is 29.1 Å². The van der Waals surface area contributed by atoms with Crippen LogP contribution in [0, 0.1) is 6.92 Å². The summed E-state index contributed by atoms with van der Waals surface area (Å²) >= 11 is 12.5. The second-order valence-corrected chi connectivity index (χ2v) is 10.9. The fourth-order valence-electron chi connectivity index (χ4n) is 4.91. The molecule has 1 unspecified atom stereocenters. The maximum Gasteiger partial charge on any atom is 0.416 e. The lowest BCUT2D eigenvalue weighted by atomic mass is 10.0. The molecule has 5 rings (SSSR count). The molecule has 1 aliphatic heterocycles. The number of piperazine rings is 1. The molecule has 4 aromatic rings. The topological polar surface area (TPSA) is 58.8 Å². The second kappa shape index (κ2) is 12.9. The summed E-state index contributed by atoms with van der Waals surface area (Å²) in [5, 5.41) is 5.19. The summed E-state index contributed by atoms with van der Waals surface area (Å²) in [6.45, 7) is 4.55. The molecule has 11 heteroatoms. The Morgan fingerprint density at radius 1 is 0.976 bits per heavy atom. The van der Waals surface area contributed by atoms with Crippen LogP contribution in [0.2, 0.25) is 10.0 Å². The number of ether oxygens (including phenoxy) is 1. The van der Waals surface area contributed by atoms with E-state index in [1.165, 1.54) is 12.1 Å². The molecular formula is C31H28Cl2F3N3O3. The van der Waals surface area contributed by atoms with Crippen molar-refractivity contribution < 1.29 is 27.2 Å². The normalized spacial score (nSPS) is 15.1. The van der Waals surface area contributed by atoms with Crippen molar-refractivity contribution in [1.29, 1.82) is 0 Å². The third-order valence-corrected chi connectivity index (χ3v) is 7.84. The smallest absolute Gasteiger partial charge is 0.368 e. The molecule has 1 fully saturated rings. The predicted molar refractivity (Wildman–Crippen MR) is 154 cm³/mol. The van der Waals surface area contributed by atoms with E-state index in [2.05, 4.69) is 10.1 Å². The van der Waals surface area contributed by atoms with Crippen LogP contribution in [0.15, 0.2) is 77.3 Å². The van der Waals surface area contributed by atoms with Gasteiger partial charge in [0.15, 0.2) is 0 Å². The van der Waals surface area contributed by atoms with Gasteiger partial charge in [-0.15, -0.1) is 0 Å². The second-order valence-electron chi connectivity index (χ2n) is 10.1. The Bertz CT molecular complexity index is 1520. The number of aromatic nitrogens is 1. The van der Waals surface area contributed by atoms with Gasteiger partial charge in [-0.05, 0) is 48.4 Å². The molecule has 0 saturated carbocycles. The van der Waals surface area contributed by atoms with Crippen LogP contribution in [0.25, 0.3) is 11.3 Å². The summed E-state index contributed by atoms with van der Waals surface area (Å²) in [6.07, 6.45) is -4.75. The third kappa shape index (κ3) is 6.98. The van der Waals surface area contributed by atoms with Gasteiger partial charge in [-0.3, -0.25) is 9.69 Å². The van der Waals surface area contributed by atoms with Crippen molar-refractivity contribution in [2.75, 3.05) is 32.7 Å². The van der Waals surface area contributed by atoms with E-state index >= 15 is 0 Å². The summed E-state index contributed by atoms with van der Waals surface area (Å²) in [5.74, 6) is 0.257. The van der Waals surface area contributed by atoms with Gasteiger partial charge in [0.1, 0.15) is 17.0 Å². The number of hydrogen-bond donors (Lipinski definition) is 0. The van der Waals surface area contributed by atoms with Gasteiger partial charge in [-0.2, -0.15) is 13.2 Å². The average Bonchev–Trinajstić information content (AvgIpc) is 3.36. The lowest BCUT2D eigenvalue weighted by Crippen LogP contribution is -2.49. The summed E-state index contributed by atoms with van der Waals surface area (Å²) in [5.41, 5.74) is 2.29.